The molecule has 1 atom stereocenters. The highest BCUT2D eigenvalue weighted by atomic mass is 32.1. The molecule has 0 saturated heterocycles. The lowest BCUT2D eigenvalue weighted by molar-refractivity contribution is 0.217. The van der Waals surface area contributed by atoms with Crippen molar-refractivity contribution in [3.05, 3.63) is 74.9 Å². The van der Waals surface area contributed by atoms with Gasteiger partial charge in [0.15, 0.2) is 0 Å². The number of hydrogen-bond donors (Lipinski definition) is 1. The summed E-state index contributed by atoms with van der Waals surface area (Å²) in [7, 11) is 0. The number of thiophene rings is 1. The minimum Gasteiger partial charge on any atom is -0.490 e. The standard InChI is InChI=1S/C26H26N2O3S/c1-16-4-3-5-20(14-16)31-13-12-30-19-9-7-18(8-10-19)24-27-25(29)23-21-11-6-17(2)15-22(21)32-26(23)28-24/h3-5,7-10,14,17H,6,11-13,15H2,1-2H3,(H,27,28,29)/t17-/m0/s1. The maximum absolute atomic E-state index is 12.8. The van der Waals surface area contributed by atoms with Crippen LogP contribution in [0.3, 0.4) is 0 Å². The van der Waals surface area contributed by atoms with Gasteiger partial charge < -0.3 is 14.5 Å². The van der Waals surface area contributed by atoms with Crippen molar-refractivity contribution in [3.63, 3.8) is 0 Å². The van der Waals surface area contributed by atoms with E-state index in [-0.39, 0.29) is 5.56 Å². The maximum Gasteiger partial charge on any atom is 0.260 e. The first-order valence-corrected chi connectivity index (χ1v) is 11.9. The molecular weight excluding hydrogens is 420 g/mol. The van der Waals surface area contributed by atoms with Gasteiger partial charge in [0.05, 0.1) is 5.39 Å². The Morgan fingerprint density at radius 1 is 1.09 bits per heavy atom. The molecule has 2 heterocycles. The fourth-order valence-corrected chi connectivity index (χ4v) is 5.60. The van der Waals surface area contributed by atoms with Gasteiger partial charge in [0.1, 0.15) is 35.4 Å². The van der Waals surface area contributed by atoms with Crippen molar-refractivity contribution in [2.45, 2.75) is 33.1 Å². The second-order valence-electron chi connectivity index (χ2n) is 8.48. The second kappa shape index (κ2) is 8.79. The van der Waals surface area contributed by atoms with Crippen LogP contribution in [0.25, 0.3) is 21.6 Å². The van der Waals surface area contributed by atoms with Crippen molar-refractivity contribution < 1.29 is 9.47 Å². The molecule has 5 nitrogen and oxygen atoms in total. The van der Waals surface area contributed by atoms with Crippen LogP contribution < -0.4 is 15.0 Å². The van der Waals surface area contributed by atoms with Crippen molar-refractivity contribution in [2.75, 3.05) is 13.2 Å². The number of aromatic nitrogens is 2. The summed E-state index contributed by atoms with van der Waals surface area (Å²) in [5, 5.41) is 0.786. The van der Waals surface area contributed by atoms with Crippen molar-refractivity contribution in [3.8, 4) is 22.9 Å². The molecule has 1 aliphatic carbocycles. The van der Waals surface area contributed by atoms with Gasteiger partial charge in [-0.25, -0.2) is 4.98 Å². The average molecular weight is 447 g/mol. The molecule has 1 aliphatic rings. The summed E-state index contributed by atoms with van der Waals surface area (Å²) < 4.78 is 11.5. The largest absolute Gasteiger partial charge is 0.490 e. The van der Waals surface area contributed by atoms with E-state index in [4.69, 9.17) is 14.5 Å². The van der Waals surface area contributed by atoms with Gasteiger partial charge in [0.2, 0.25) is 0 Å². The fraction of sp³-hybridized carbons (Fsp3) is 0.308. The van der Waals surface area contributed by atoms with Crippen LogP contribution in [0.2, 0.25) is 0 Å². The lowest BCUT2D eigenvalue weighted by atomic mass is 9.89. The van der Waals surface area contributed by atoms with E-state index in [1.165, 1.54) is 16.0 Å². The van der Waals surface area contributed by atoms with E-state index < -0.39 is 0 Å². The predicted molar refractivity (Wildman–Crippen MR) is 129 cm³/mol. The first-order chi connectivity index (χ1) is 15.6. The first kappa shape index (κ1) is 20.8. The molecule has 0 fully saturated rings. The van der Waals surface area contributed by atoms with Gasteiger partial charge in [-0.3, -0.25) is 4.79 Å². The average Bonchev–Trinajstić information content (AvgIpc) is 3.15. The van der Waals surface area contributed by atoms with Gasteiger partial charge in [-0.2, -0.15) is 0 Å². The molecule has 0 saturated carbocycles. The number of hydrogen-bond acceptors (Lipinski definition) is 5. The summed E-state index contributed by atoms with van der Waals surface area (Å²) in [6.07, 6.45) is 3.16. The number of benzene rings is 2. The highest BCUT2D eigenvalue weighted by Crippen LogP contribution is 2.36. The third-order valence-electron chi connectivity index (χ3n) is 5.90. The minimum atomic E-state index is -0.0364. The number of rotatable bonds is 6. The highest BCUT2D eigenvalue weighted by Gasteiger charge is 2.23. The number of aryl methyl sites for hydroxylation is 2. The van der Waals surface area contributed by atoms with Crippen LogP contribution in [-0.2, 0) is 12.8 Å². The zero-order valence-electron chi connectivity index (χ0n) is 18.3. The van der Waals surface area contributed by atoms with E-state index in [2.05, 4.69) is 11.9 Å². The van der Waals surface area contributed by atoms with Gasteiger partial charge in [-0.1, -0.05) is 19.1 Å². The second-order valence-corrected chi connectivity index (χ2v) is 9.57. The van der Waals surface area contributed by atoms with Crippen LogP contribution in [0.1, 0.15) is 29.3 Å². The van der Waals surface area contributed by atoms with Gasteiger partial charge in [0.25, 0.3) is 5.56 Å². The number of aromatic amines is 1. The summed E-state index contributed by atoms with van der Waals surface area (Å²) in [5.74, 6) is 2.87. The van der Waals surface area contributed by atoms with Crippen LogP contribution in [-0.4, -0.2) is 23.2 Å². The van der Waals surface area contributed by atoms with Crippen LogP contribution in [0.5, 0.6) is 11.5 Å². The normalized spacial score (nSPS) is 15.5. The molecule has 1 N–H and O–H groups in total. The number of fused-ring (bicyclic) bond motifs is 3. The van der Waals surface area contributed by atoms with E-state index in [9.17, 15) is 4.79 Å². The molecule has 0 radical (unpaired) electrons. The quantitative estimate of drug-likeness (QED) is 0.395. The molecular formula is C26H26N2O3S. The van der Waals surface area contributed by atoms with Crippen molar-refractivity contribution in [1.82, 2.24) is 9.97 Å². The fourth-order valence-electron chi connectivity index (χ4n) is 4.22. The number of nitrogens with zero attached hydrogens (tertiary/aromatic N) is 1. The molecule has 4 aromatic rings. The minimum absolute atomic E-state index is 0.0364. The lowest BCUT2D eigenvalue weighted by Gasteiger charge is -2.17. The van der Waals surface area contributed by atoms with Gasteiger partial charge in [0, 0.05) is 10.4 Å². The molecule has 0 spiro atoms. The molecule has 2 aromatic heterocycles. The van der Waals surface area contributed by atoms with Crippen LogP contribution in [0.4, 0.5) is 0 Å². The van der Waals surface area contributed by atoms with E-state index >= 15 is 0 Å². The Morgan fingerprint density at radius 3 is 2.66 bits per heavy atom. The third kappa shape index (κ3) is 4.28. The number of nitrogens with one attached hydrogen (secondary N) is 1. The third-order valence-corrected chi connectivity index (χ3v) is 7.05. The number of ether oxygens (including phenoxy) is 2. The Morgan fingerprint density at radius 2 is 1.88 bits per heavy atom. The Hall–Kier alpha value is -3.12. The van der Waals surface area contributed by atoms with E-state index in [0.29, 0.717) is 25.0 Å². The summed E-state index contributed by atoms with van der Waals surface area (Å²) in [4.78, 5) is 22.8. The highest BCUT2D eigenvalue weighted by molar-refractivity contribution is 7.18. The monoisotopic (exact) mass is 446 g/mol. The van der Waals surface area contributed by atoms with Crippen LogP contribution in [0, 0.1) is 12.8 Å². The summed E-state index contributed by atoms with van der Waals surface area (Å²) in [6, 6.07) is 15.6. The van der Waals surface area contributed by atoms with E-state index in [1.807, 2.05) is 55.5 Å². The Bertz CT molecular complexity index is 1310. The lowest BCUT2D eigenvalue weighted by Crippen LogP contribution is -2.13. The Balaban J connectivity index is 1.27. The molecule has 0 amide bonds. The predicted octanol–water partition coefficient (Wildman–Crippen LogP) is 5.54. The van der Waals surface area contributed by atoms with Crippen LogP contribution >= 0.6 is 11.3 Å². The Kier molecular flexibility index (Phi) is 5.70. The Labute approximate surface area is 191 Å². The van der Waals surface area contributed by atoms with Gasteiger partial charge >= 0.3 is 0 Å². The maximum atomic E-state index is 12.8. The summed E-state index contributed by atoms with van der Waals surface area (Å²) in [6.45, 7) is 5.23. The molecule has 2 aromatic carbocycles. The molecule has 32 heavy (non-hydrogen) atoms. The van der Waals surface area contributed by atoms with Gasteiger partial charge in [-0.15, -0.1) is 11.3 Å². The molecule has 164 valence electrons. The van der Waals surface area contributed by atoms with Crippen LogP contribution in [0.15, 0.2) is 53.3 Å². The number of H-pyrrole nitrogens is 1. The van der Waals surface area contributed by atoms with Crippen molar-refractivity contribution in [2.24, 2.45) is 5.92 Å². The summed E-state index contributed by atoms with van der Waals surface area (Å²) >= 11 is 1.67. The van der Waals surface area contributed by atoms with Crippen molar-refractivity contribution >= 4 is 21.6 Å². The topological polar surface area (TPSA) is 64.2 Å². The molecule has 0 bridgehead atoms. The van der Waals surface area contributed by atoms with Gasteiger partial charge in [-0.05, 0) is 79.6 Å². The zero-order valence-corrected chi connectivity index (χ0v) is 19.1. The molecule has 0 aliphatic heterocycles. The molecule has 0 unspecified atom stereocenters. The molecule has 6 heteroatoms. The smallest absolute Gasteiger partial charge is 0.260 e. The van der Waals surface area contributed by atoms with E-state index in [0.717, 1.165) is 46.5 Å². The zero-order chi connectivity index (χ0) is 22.1. The molecule has 5 rings (SSSR count). The van der Waals surface area contributed by atoms with E-state index in [1.54, 1.807) is 11.3 Å². The first-order valence-electron chi connectivity index (χ1n) is 11.0. The summed E-state index contributed by atoms with van der Waals surface area (Å²) in [5.41, 5.74) is 3.21. The van der Waals surface area contributed by atoms with Crippen molar-refractivity contribution in [1.29, 1.82) is 0 Å². The SMILES string of the molecule is Cc1cccc(OCCOc2ccc(-c3nc4sc5c(c4c(=O)[nH]3)CC[C@H](C)C5)cc2)c1.